The lowest BCUT2D eigenvalue weighted by Crippen LogP contribution is -2.27. The summed E-state index contributed by atoms with van der Waals surface area (Å²) in [6.45, 7) is 6.13. The van der Waals surface area contributed by atoms with Gasteiger partial charge >= 0.3 is 0 Å². The van der Waals surface area contributed by atoms with Crippen LogP contribution >= 0.6 is 11.3 Å². The molecule has 2 aromatic rings. The second-order valence-electron chi connectivity index (χ2n) is 5.41. The molecule has 1 aromatic heterocycles. The number of thiophene rings is 1. The maximum atomic E-state index is 5.68. The lowest BCUT2D eigenvalue weighted by atomic mass is 10.1. The van der Waals surface area contributed by atoms with Crippen LogP contribution < -0.4 is 10.1 Å². The Balaban J connectivity index is 1.72. The summed E-state index contributed by atoms with van der Waals surface area (Å²) in [4.78, 5) is 1.44. The monoisotopic (exact) mass is 303 g/mol. The van der Waals surface area contributed by atoms with Crippen molar-refractivity contribution in [2.45, 2.75) is 45.7 Å². The minimum absolute atomic E-state index is 0.490. The quantitative estimate of drug-likeness (QED) is 0.681. The number of rotatable bonds is 9. The number of hydrogen-bond acceptors (Lipinski definition) is 3. The Morgan fingerprint density at radius 1 is 1.19 bits per heavy atom. The molecule has 0 fully saturated rings. The van der Waals surface area contributed by atoms with Crippen molar-refractivity contribution in [1.82, 2.24) is 5.32 Å². The van der Waals surface area contributed by atoms with Crippen molar-refractivity contribution in [3.8, 4) is 5.75 Å². The standard InChI is InChI=1S/C18H25NOS/c1-3-4-11-20-17-9-7-16(8-10-17)14-19-15(2)13-18-6-5-12-21-18/h5-10,12,15,19H,3-4,11,13-14H2,1-2H3. The molecule has 0 amide bonds. The second kappa shape index (κ2) is 8.85. The molecule has 1 heterocycles. The number of ether oxygens (including phenoxy) is 1. The highest BCUT2D eigenvalue weighted by atomic mass is 32.1. The first-order chi connectivity index (χ1) is 10.3. The Hall–Kier alpha value is -1.32. The van der Waals surface area contributed by atoms with Crippen LogP contribution in [0.5, 0.6) is 5.75 Å². The maximum Gasteiger partial charge on any atom is 0.119 e. The molecule has 0 aliphatic heterocycles. The van der Waals surface area contributed by atoms with Crippen LogP contribution in [0.2, 0.25) is 0 Å². The van der Waals surface area contributed by atoms with E-state index in [4.69, 9.17) is 4.74 Å². The molecule has 0 spiro atoms. The number of benzene rings is 1. The van der Waals surface area contributed by atoms with Crippen molar-refractivity contribution in [1.29, 1.82) is 0 Å². The molecular weight excluding hydrogens is 278 g/mol. The Morgan fingerprint density at radius 3 is 2.67 bits per heavy atom. The number of unbranched alkanes of at least 4 members (excludes halogenated alkanes) is 1. The molecule has 2 nitrogen and oxygen atoms in total. The summed E-state index contributed by atoms with van der Waals surface area (Å²) in [5, 5.41) is 5.71. The zero-order chi connectivity index (χ0) is 14.9. The molecule has 1 unspecified atom stereocenters. The van der Waals surface area contributed by atoms with E-state index in [-0.39, 0.29) is 0 Å². The molecule has 21 heavy (non-hydrogen) atoms. The van der Waals surface area contributed by atoms with Gasteiger partial charge in [-0.05, 0) is 48.9 Å². The van der Waals surface area contributed by atoms with Crippen molar-refractivity contribution in [3.05, 3.63) is 52.2 Å². The summed E-state index contributed by atoms with van der Waals surface area (Å²) in [7, 11) is 0. The molecule has 0 saturated heterocycles. The van der Waals surface area contributed by atoms with Crippen LogP contribution in [0.1, 0.15) is 37.1 Å². The van der Waals surface area contributed by atoms with Gasteiger partial charge in [0.1, 0.15) is 5.75 Å². The zero-order valence-electron chi connectivity index (χ0n) is 13.0. The highest BCUT2D eigenvalue weighted by molar-refractivity contribution is 7.09. The minimum atomic E-state index is 0.490. The highest BCUT2D eigenvalue weighted by Gasteiger charge is 2.04. The van der Waals surface area contributed by atoms with Crippen LogP contribution in [-0.2, 0) is 13.0 Å². The van der Waals surface area contributed by atoms with Gasteiger partial charge in [-0.1, -0.05) is 31.5 Å². The lowest BCUT2D eigenvalue weighted by molar-refractivity contribution is 0.309. The van der Waals surface area contributed by atoms with Crippen molar-refractivity contribution in [2.75, 3.05) is 6.61 Å². The van der Waals surface area contributed by atoms with Gasteiger partial charge in [-0.15, -0.1) is 11.3 Å². The molecular formula is C18H25NOS. The predicted molar refractivity (Wildman–Crippen MR) is 91.2 cm³/mol. The first-order valence-corrected chi connectivity index (χ1v) is 8.63. The Labute approximate surface area is 132 Å². The first-order valence-electron chi connectivity index (χ1n) is 7.75. The lowest BCUT2D eigenvalue weighted by Gasteiger charge is -2.13. The summed E-state index contributed by atoms with van der Waals surface area (Å²) in [6, 6.07) is 13.2. The molecule has 0 bridgehead atoms. The van der Waals surface area contributed by atoms with Crippen molar-refractivity contribution >= 4 is 11.3 Å². The third-order valence-electron chi connectivity index (χ3n) is 3.43. The van der Waals surface area contributed by atoms with E-state index in [1.807, 2.05) is 11.3 Å². The van der Waals surface area contributed by atoms with E-state index in [9.17, 15) is 0 Å². The van der Waals surface area contributed by atoms with Crippen molar-refractivity contribution in [2.24, 2.45) is 0 Å². The van der Waals surface area contributed by atoms with Crippen LogP contribution in [-0.4, -0.2) is 12.6 Å². The fraction of sp³-hybridized carbons (Fsp3) is 0.444. The van der Waals surface area contributed by atoms with E-state index in [2.05, 4.69) is 60.9 Å². The minimum Gasteiger partial charge on any atom is -0.494 e. The molecule has 114 valence electrons. The summed E-state index contributed by atoms with van der Waals surface area (Å²) < 4.78 is 5.68. The summed E-state index contributed by atoms with van der Waals surface area (Å²) in [6.07, 6.45) is 3.38. The Bertz CT molecular complexity index is 492. The molecule has 3 heteroatoms. The average molecular weight is 303 g/mol. The van der Waals surface area contributed by atoms with Gasteiger partial charge in [-0.3, -0.25) is 0 Å². The molecule has 1 atom stereocenters. The molecule has 1 aromatic carbocycles. The van der Waals surface area contributed by atoms with Gasteiger partial charge in [0.2, 0.25) is 0 Å². The highest BCUT2D eigenvalue weighted by Crippen LogP contribution is 2.14. The molecule has 0 aliphatic carbocycles. The molecule has 0 radical (unpaired) electrons. The number of hydrogen-bond donors (Lipinski definition) is 1. The second-order valence-corrected chi connectivity index (χ2v) is 6.44. The largest absolute Gasteiger partial charge is 0.494 e. The predicted octanol–water partition coefficient (Wildman–Crippen LogP) is 4.65. The maximum absolute atomic E-state index is 5.68. The summed E-state index contributed by atoms with van der Waals surface area (Å²) in [5.41, 5.74) is 1.30. The SMILES string of the molecule is CCCCOc1ccc(CNC(C)Cc2cccs2)cc1. The van der Waals surface area contributed by atoms with Gasteiger partial charge in [0.05, 0.1) is 6.61 Å². The van der Waals surface area contributed by atoms with E-state index in [0.29, 0.717) is 6.04 Å². The fourth-order valence-electron chi connectivity index (χ4n) is 2.13. The van der Waals surface area contributed by atoms with Crippen LogP contribution in [0.15, 0.2) is 41.8 Å². The van der Waals surface area contributed by atoms with Crippen LogP contribution in [0.3, 0.4) is 0 Å². The first kappa shape index (κ1) is 16.1. The van der Waals surface area contributed by atoms with Gasteiger partial charge in [0.15, 0.2) is 0 Å². The van der Waals surface area contributed by atoms with E-state index in [0.717, 1.165) is 31.7 Å². The molecule has 2 rings (SSSR count). The van der Waals surface area contributed by atoms with Crippen LogP contribution in [0.4, 0.5) is 0 Å². The third kappa shape index (κ3) is 5.90. The third-order valence-corrected chi connectivity index (χ3v) is 4.33. The number of nitrogens with one attached hydrogen (secondary N) is 1. The smallest absolute Gasteiger partial charge is 0.119 e. The van der Waals surface area contributed by atoms with Gasteiger partial charge in [0.25, 0.3) is 0 Å². The summed E-state index contributed by atoms with van der Waals surface area (Å²) >= 11 is 1.83. The van der Waals surface area contributed by atoms with Crippen molar-refractivity contribution in [3.63, 3.8) is 0 Å². The van der Waals surface area contributed by atoms with Gasteiger partial charge in [-0.2, -0.15) is 0 Å². The van der Waals surface area contributed by atoms with E-state index in [1.165, 1.54) is 16.9 Å². The topological polar surface area (TPSA) is 21.3 Å². The Kier molecular flexibility index (Phi) is 6.77. The molecule has 0 saturated carbocycles. The van der Waals surface area contributed by atoms with Crippen LogP contribution in [0, 0.1) is 0 Å². The van der Waals surface area contributed by atoms with E-state index in [1.54, 1.807) is 0 Å². The van der Waals surface area contributed by atoms with Gasteiger partial charge < -0.3 is 10.1 Å². The normalized spacial score (nSPS) is 12.3. The summed E-state index contributed by atoms with van der Waals surface area (Å²) in [5.74, 6) is 0.971. The fourth-order valence-corrected chi connectivity index (χ4v) is 2.97. The van der Waals surface area contributed by atoms with Gasteiger partial charge in [0, 0.05) is 17.5 Å². The molecule has 0 aliphatic rings. The zero-order valence-corrected chi connectivity index (χ0v) is 13.8. The Morgan fingerprint density at radius 2 is 2.00 bits per heavy atom. The van der Waals surface area contributed by atoms with Gasteiger partial charge in [-0.25, -0.2) is 0 Å². The van der Waals surface area contributed by atoms with E-state index >= 15 is 0 Å². The van der Waals surface area contributed by atoms with E-state index < -0.39 is 0 Å². The van der Waals surface area contributed by atoms with Crippen LogP contribution in [0.25, 0.3) is 0 Å². The average Bonchev–Trinajstić information content (AvgIpc) is 2.99. The molecule has 1 N–H and O–H groups in total. The van der Waals surface area contributed by atoms with Crippen molar-refractivity contribution < 1.29 is 4.74 Å².